The number of nitrogens with zero attached hydrogens (tertiary/aromatic N) is 1. The van der Waals surface area contributed by atoms with Gasteiger partial charge in [-0.15, -0.1) is 0 Å². The zero-order chi connectivity index (χ0) is 16.1. The number of nitrogens with one attached hydrogen (secondary N) is 2. The number of carbonyl (C=O) groups is 3. The molecule has 0 unspecified atom stereocenters. The first kappa shape index (κ1) is 15.4. The third kappa shape index (κ3) is 3.57. The van der Waals surface area contributed by atoms with Crippen molar-refractivity contribution in [2.24, 2.45) is 0 Å². The minimum absolute atomic E-state index is 0.0847. The lowest BCUT2D eigenvalue weighted by molar-refractivity contribution is -0.123. The van der Waals surface area contributed by atoms with Gasteiger partial charge >= 0.3 is 0 Å². The summed E-state index contributed by atoms with van der Waals surface area (Å²) in [6, 6.07) is 8.61. The molecule has 0 aliphatic heterocycles. The van der Waals surface area contributed by atoms with Gasteiger partial charge in [-0.1, -0.05) is 12.1 Å². The molecular formula is C15H14FN3O3. The second-order valence-electron chi connectivity index (χ2n) is 4.52. The Morgan fingerprint density at radius 3 is 2.55 bits per heavy atom. The van der Waals surface area contributed by atoms with Crippen LogP contribution in [-0.4, -0.2) is 28.8 Å². The summed E-state index contributed by atoms with van der Waals surface area (Å²) in [4.78, 5) is 34.7. The Morgan fingerprint density at radius 1 is 1.14 bits per heavy atom. The number of amides is 2. The molecule has 2 amide bonds. The minimum Gasteiger partial charge on any atom is -0.347 e. The number of hydrogen-bond acceptors (Lipinski definition) is 3. The molecule has 2 aromatic rings. The van der Waals surface area contributed by atoms with E-state index in [4.69, 9.17) is 0 Å². The highest BCUT2D eigenvalue weighted by molar-refractivity contribution is 6.08. The standard InChI is InChI=1S/C15H14FN3O3/c1-10(20)17-9-14(21)18-19-8-4-7-13(19)15(22)11-5-2-3-6-12(11)16/h2-8H,9H2,1H3,(H,17,20)(H,18,21). The molecule has 0 spiro atoms. The minimum atomic E-state index is -0.634. The third-order valence-corrected chi connectivity index (χ3v) is 2.84. The number of hydrogen-bond donors (Lipinski definition) is 2. The van der Waals surface area contributed by atoms with Crippen LogP contribution in [0.2, 0.25) is 0 Å². The molecule has 0 bridgehead atoms. The predicted molar refractivity (Wildman–Crippen MR) is 77.3 cm³/mol. The van der Waals surface area contributed by atoms with Crippen molar-refractivity contribution in [2.75, 3.05) is 12.0 Å². The smallest absolute Gasteiger partial charge is 0.258 e. The van der Waals surface area contributed by atoms with Gasteiger partial charge < -0.3 is 5.32 Å². The molecule has 0 aliphatic rings. The number of aromatic nitrogens is 1. The van der Waals surface area contributed by atoms with Crippen LogP contribution in [0.25, 0.3) is 0 Å². The van der Waals surface area contributed by atoms with Gasteiger partial charge in [0, 0.05) is 13.1 Å². The second kappa shape index (κ2) is 6.66. The molecular weight excluding hydrogens is 289 g/mol. The fourth-order valence-corrected chi connectivity index (χ4v) is 1.83. The Hall–Kier alpha value is -2.96. The Bertz CT molecular complexity index is 724. The zero-order valence-corrected chi connectivity index (χ0v) is 11.8. The molecule has 7 heteroatoms. The van der Waals surface area contributed by atoms with Crippen LogP contribution in [-0.2, 0) is 9.59 Å². The van der Waals surface area contributed by atoms with E-state index in [1.54, 1.807) is 12.1 Å². The zero-order valence-electron chi connectivity index (χ0n) is 11.8. The molecule has 0 saturated heterocycles. The Morgan fingerprint density at radius 2 is 1.86 bits per heavy atom. The highest BCUT2D eigenvalue weighted by atomic mass is 19.1. The maximum atomic E-state index is 13.7. The van der Waals surface area contributed by atoms with Gasteiger partial charge in [-0.2, -0.15) is 0 Å². The fourth-order valence-electron chi connectivity index (χ4n) is 1.83. The normalized spacial score (nSPS) is 10.1. The quantitative estimate of drug-likeness (QED) is 0.811. The summed E-state index contributed by atoms with van der Waals surface area (Å²) in [5.41, 5.74) is 2.46. The lowest BCUT2D eigenvalue weighted by Crippen LogP contribution is -2.35. The predicted octanol–water partition coefficient (Wildman–Crippen LogP) is 1.06. The summed E-state index contributed by atoms with van der Waals surface area (Å²) < 4.78 is 14.9. The van der Waals surface area contributed by atoms with Crippen LogP contribution in [0.4, 0.5) is 4.39 Å². The van der Waals surface area contributed by atoms with Gasteiger partial charge in [-0.25, -0.2) is 4.39 Å². The molecule has 0 fully saturated rings. The van der Waals surface area contributed by atoms with E-state index >= 15 is 0 Å². The van der Waals surface area contributed by atoms with Crippen LogP contribution < -0.4 is 10.7 Å². The van der Waals surface area contributed by atoms with Crippen LogP contribution in [0.1, 0.15) is 23.0 Å². The summed E-state index contributed by atoms with van der Waals surface area (Å²) in [6.45, 7) is 1.07. The fraction of sp³-hybridized carbons (Fsp3) is 0.133. The summed E-state index contributed by atoms with van der Waals surface area (Å²) in [6.07, 6.45) is 1.46. The number of rotatable bonds is 5. The summed E-state index contributed by atoms with van der Waals surface area (Å²) in [7, 11) is 0. The molecule has 114 valence electrons. The average molecular weight is 303 g/mol. The molecule has 0 atom stereocenters. The molecule has 0 saturated carbocycles. The average Bonchev–Trinajstić information content (AvgIpc) is 2.93. The monoisotopic (exact) mass is 303 g/mol. The lowest BCUT2D eigenvalue weighted by atomic mass is 10.1. The van der Waals surface area contributed by atoms with Crippen molar-refractivity contribution in [1.82, 2.24) is 9.99 Å². The van der Waals surface area contributed by atoms with E-state index < -0.39 is 17.5 Å². The van der Waals surface area contributed by atoms with Gasteiger partial charge in [-0.3, -0.25) is 24.5 Å². The van der Waals surface area contributed by atoms with E-state index in [0.29, 0.717) is 0 Å². The van der Waals surface area contributed by atoms with Crippen molar-refractivity contribution in [3.63, 3.8) is 0 Å². The molecule has 2 rings (SSSR count). The van der Waals surface area contributed by atoms with E-state index in [0.717, 1.165) is 0 Å². The summed E-state index contributed by atoms with van der Waals surface area (Å²) in [5, 5.41) is 2.34. The number of carbonyl (C=O) groups excluding carboxylic acids is 3. The topological polar surface area (TPSA) is 80.2 Å². The molecule has 2 N–H and O–H groups in total. The van der Waals surface area contributed by atoms with Crippen LogP contribution in [0.5, 0.6) is 0 Å². The van der Waals surface area contributed by atoms with E-state index in [9.17, 15) is 18.8 Å². The molecule has 1 heterocycles. The molecule has 0 radical (unpaired) electrons. The molecule has 0 aliphatic carbocycles. The Kier molecular flexibility index (Phi) is 4.67. The first-order valence-corrected chi connectivity index (χ1v) is 6.50. The molecule has 1 aromatic heterocycles. The maximum absolute atomic E-state index is 13.7. The lowest BCUT2D eigenvalue weighted by Gasteiger charge is -2.11. The summed E-state index contributed by atoms with van der Waals surface area (Å²) in [5.74, 6) is -2.04. The van der Waals surface area contributed by atoms with Crippen LogP contribution in [0, 0.1) is 5.82 Å². The number of halogens is 1. The van der Waals surface area contributed by atoms with Crippen molar-refractivity contribution in [1.29, 1.82) is 0 Å². The Balaban J connectivity index is 2.16. The SMILES string of the molecule is CC(=O)NCC(=O)Nn1cccc1C(=O)c1ccccc1F. The number of benzene rings is 1. The van der Waals surface area contributed by atoms with E-state index in [-0.39, 0.29) is 23.7 Å². The van der Waals surface area contributed by atoms with Gasteiger partial charge in [0.2, 0.25) is 11.7 Å². The maximum Gasteiger partial charge on any atom is 0.258 e. The van der Waals surface area contributed by atoms with Gasteiger partial charge in [0.15, 0.2) is 0 Å². The van der Waals surface area contributed by atoms with E-state index in [1.165, 1.54) is 42.1 Å². The van der Waals surface area contributed by atoms with Crippen molar-refractivity contribution >= 4 is 17.6 Å². The first-order chi connectivity index (χ1) is 10.5. The van der Waals surface area contributed by atoms with Crippen LogP contribution >= 0.6 is 0 Å². The van der Waals surface area contributed by atoms with Crippen LogP contribution in [0.3, 0.4) is 0 Å². The molecule has 6 nitrogen and oxygen atoms in total. The van der Waals surface area contributed by atoms with E-state index in [1.807, 2.05) is 0 Å². The van der Waals surface area contributed by atoms with Gasteiger partial charge in [-0.05, 0) is 24.3 Å². The van der Waals surface area contributed by atoms with Crippen molar-refractivity contribution < 1.29 is 18.8 Å². The second-order valence-corrected chi connectivity index (χ2v) is 4.52. The molecule has 1 aromatic carbocycles. The van der Waals surface area contributed by atoms with Gasteiger partial charge in [0.25, 0.3) is 5.91 Å². The van der Waals surface area contributed by atoms with Crippen molar-refractivity contribution in [2.45, 2.75) is 6.92 Å². The van der Waals surface area contributed by atoms with Gasteiger partial charge in [0.1, 0.15) is 11.5 Å². The highest BCUT2D eigenvalue weighted by Crippen LogP contribution is 2.13. The third-order valence-electron chi connectivity index (χ3n) is 2.84. The van der Waals surface area contributed by atoms with Crippen molar-refractivity contribution in [3.05, 3.63) is 59.7 Å². The first-order valence-electron chi connectivity index (χ1n) is 6.50. The van der Waals surface area contributed by atoms with E-state index in [2.05, 4.69) is 10.7 Å². The molecule has 22 heavy (non-hydrogen) atoms. The van der Waals surface area contributed by atoms with Crippen molar-refractivity contribution in [3.8, 4) is 0 Å². The largest absolute Gasteiger partial charge is 0.347 e. The van der Waals surface area contributed by atoms with Crippen LogP contribution in [0.15, 0.2) is 42.6 Å². The summed E-state index contributed by atoms with van der Waals surface area (Å²) >= 11 is 0. The van der Waals surface area contributed by atoms with Gasteiger partial charge in [0.05, 0.1) is 12.1 Å². The number of ketones is 1. The highest BCUT2D eigenvalue weighted by Gasteiger charge is 2.17. The Labute approximate surface area is 125 Å².